The predicted octanol–water partition coefficient (Wildman–Crippen LogP) is 3.80. The van der Waals surface area contributed by atoms with Gasteiger partial charge in [-0.25, -0.2) is 13.8 Å². The van der Waals surface area contributed by atoms with Crippen molar-refractivity contribution < 1.29 is 18.3 Å². The lowest BCUT2D eigenvalue weighted by Crippen LogP contribution is -2.36. The van der Waals surface area contributed by atoms with E-state index in [0.29, 0.717) is 41.4 Å². The van der Waals surface area contributed by atoms with Gasteiger partial charge in [0.25, 0.3) is 6.43 Å². The van der Waals surface area contributed by atoms with Gasteiger partial charge in [0, 0.05) is 48.8 Å². The normalized spacial score (nSPS) is 14.1. The zero-order chi connectivity index (χ0) is 23.5. The molecule has 0 atom stereocenters. The van der Waals surface area contributed by atoms with E-state index in [4.69, 9.17) is 9.47 Å². The first-order valence-electron chi connectivity index (χ1n) is 10.8. The second kappa shape index (κ2) is 9.56. The lowest BCUT2D eigenvalue weighted by atomic mass is 10.2. The van der Waals surface area contributed by atoms with Crippen LogP contribution in [0.3, 0.4) is 0 Å². The molecule has 176 valence electrons. The third kappa shape index (κ3) is 4.46. The Labute approximate surface area is 194 Å². The molecule has 11 heteroatoms. The number of fused-ring (bicyclic) bond motifs is 1. The number of morpholine rings is 1. The van der Waals surface area contributed by atoms with E-state index in [1.165, 1.54) is 29.2 Å². The fraction of sp³-hybridized carbons (Fsp3) is 0.304. The Bertz CT molecular complexity index is 1280. The summed E-state index contributed by atoms with van der Waals surface area (Å²) in [6.45, 7) is 3.11. The fourth-order valence-corrected chi connectivity index (χ4v) is 3.96. The number of aromatic nitrogens is 5. The Kier molecular flexibility index (Phi) is 6.17. The molecule has 9 nitrogen and oxygen atoms in total. The Morgan fingerprint density at radius 1 is 1.12 bits per heavy atom. The highest BCUT2D eigenvalue weighted by Gasteiger charge is 2.20. The molecule has 1 fully saturated rings. The maximum absolute atomic E-state index is 13.8. The van der Waals surface area contributed by atoms with Gasteiger partial charge in [0.1, 0.15) is 11.4 Å². The summed E-state index contributed by atoms with van der Waals surface area (Å²) in [4.78, 5) is 19.3. The van der Waals surface area contributed by atoms with Gasteiger partial charge in [-0.1, -0.05) is 0 Å². The standard InChI is InChI=1S/C23H23F2N7O2/c1-33-20-11-17(31-6-8-34-9-7-31)2-3-18(20)29-23-28-12-15-10-19(21(24)25)32(22(15)30-23)14-16-13-26-4-5-27-16/h2-5,10-13,21H,6-9,14H2,1H3,(H,28,29,30). The fourth-order valence-electron chi connectivity index (χ4n) is 3.96. The quantitative estimate of drug-likeness (QED) is 0.439. The van der Waals surface area contributed by atoms with E-state index < -0.39 is 6.43 Å². The minimum absolute atomic E-state index is 0.116. The number of benzene rings is 1. The van der Waals surface area contributed by atoms with Crippen LogP contribution in [0.5, 0.6) is 5.75 Å². The van der Waals surface area contributed by atoms with Crippen LogP contribution in [0.1, 0.15) is 17.8 Å². The molecule has 0 aliphatic carbocycles. The number of nitrogens with one attached hydrogen (secondary N) is 1. The van der Waals surface area contributed by atoms with E-state index in [1.54, 1.807) is 13.3 Å². The summed E-state index contributed by atoms with van der Waals surface area (Å²) >= 11 is 0. The first-order chi connectivity index (χ1) is 16.6. The Hall–Kier alpha value is -3.86. The minimum Gasteiger partial charge on any atom is -0.494 e. The molecular formula is C23H23F2N7O2. The number of ether oxygens (including phenoxy) is 2. The molecule has 34 heavy (non-hydrogen) atoms. The molecular weight excluding hydrogens is 444 g/mol. The zero-order valence-electron chi connectivity index (χ0n) is 18.5. The maximum Gasteiger partial charge on any atom is 0.278 e. The van der Waals surface area contributed by atoms with Crippen LogP contribution in [0, 0.1) is 0 Å². The van der Waals surface area contributed by atoms with Crippen LogP contribution < -0.4 is 15.0 Å². The van der Waals surface area contributed by atoms with Crippen LogP contribution >= 0.6 is 0 Å². The molecule has 1 saturated heterocycles. The third-order valence-corrected chi connectivity index (χ3v) is 5.63. The first kappa shape index (κ1) is 22.0. The van der Waals surface area contributed by atoms with Crippen LogP contribution in [0.25, 0.3) is 11.0 Å². The smallest absolute Gasteiger partial charge is 0.278 e. The summed E-state index contributed by atoms with van der Waals surface area (Å²) in [5, 5.41) is 3.67. The van der Waals surface area contributed by atoms with Crippen molar-refractivity contribution in [2.75, 3.05) is 43.6 Å². The average molecular weight is 467 g/mol. The van der Waals surface area contributed by atoms with E-state index in [1.807, 2.05) is 18.2 Å². The van der Waals surface area contributed by atoms with Crippen molar-refractivity contribution in [2.24, 2.45) is 0 Å². The number of nitrogens with zero attached hydrogens (tertiary/aromatic N) is 6. The van der Waals surface area contributed by atoms with E-state index in [2.05, 4.69) is 30.2 Å². The molecule has 0 spiro atoms. The molecule has 5 rings (SSSR count). The number of halogens is 2. The van der Waals surface area contributed by atoms with Crippen LogP contribution in [0.4, 0.5) is 26.1 Å². The number of rotatable bonds is 7. The second-order valence-corrected chi connectivity index (χ2v) is 7.73. The van der Waals surface area contributed by atoms with Crippen LogP contribution in [-0.4, -0.2) is 57.9 Å². The molecule has 0 bridgehead atoms. The summed E-state index contributed by atoms with van der Waals surface area (Å²) in [6.07, 6.45) is 3.46. The predicted molar refractivity (Wildman–Crippen MR) is 123 cm³/mol. The lowest BCUT2D eigenvalue weighted by molar-refractivity contribution is 0.122. The van der Waals surface area contributed by atoms with E-state index in [-0.39, 0.29) is 18.2 Å². The highest BCUT2D eigenvalue weighted by Crippen LogP contribution is 2.33. The monoisotopic (exact) mass is 467 g/mol. The molecule has 0 amide bonds. The summed E-state index contributed by atoms with van der Waals surface area (Å²) < 4.78 is 40.0. The average Bonchev–Trinajstić information content (AvgIpc) is 3.23. The summed E-state index contributed by atoms with van der Waals surface area (Å²) in [7, 11) is 1.59. The molecule has 0 radical (unpaired) electrons. The highest BCUT2D eigenvalue weighted by molar-refractivity contribution is 5.79. The number of alkyl halides is 2. The van der Waals surface area contributed by atoms with Crippen molar-refractivity contribution in [1.29, 1.82) is 0 Å². The number of methoxy groups -OCH3 is 1. The van der Waals surface area contributed by atoms with Crippen molar-refractivity contribution in [3.63, 3.8) is 0 Å². The van der Waals surface area contributed by atoms with Crippen LogP contribution in [0.15, 0.2) is 49.1 Å². The van der Waals surface area contributed by atoms with Crippen LogP contribution in [-0.2, 0) is 11.3 Å². The van der Waals surface area contributed by atoms with Gasteiger partial charge < -0.3 is 24.3 Å². The van der Waals surface area contributed by atoms with Crippen molar-refractivity contribution in [1.82, 2.24) is 24.5 Å². The zero-order valence-corrected chi connectivity index (χ0v) is 18.5. The van der Waals surface area contributed by atoms with Gasteiger partial charge in [-0.15, -0.1) is 0 Å². The summed E-state index contributed by atoms with van der Waals surface area (Å²) in [5.41, 5.74) is 2.47. The SMILES string of the molecule is COc1cc(N2CCOCC2)ccc1Nc1ncc2cc(C(F)F)n(Cc3cnccn3)c2n1. The molecule has 4 heterocycles. The Morgan fingerprint density at radius 3 is 2.71 bits per heavy atom. The van der Waals surface area contributed by atoms with Gasteiger partial charge in [-0.05, 0) is 18.2 Å². The minimum atomic E-state index is -2.67. The number of hydrogen-bond acceptors (Lipinski definition) is 8. The topological polar surface area (TPSA) is 90.2 Å². The van der Waals surface area contributed by atoms with Crippen molar-refractivity contribution in [2.45, 2.75) is 13.0 Å². The van der Waals surface area contributed by atoms with Gasteiger partial charge in [0.15, 0.2) is 0 Å². The van der Waals surface area contributed by atoms with Crippen molar-refractivity contribution in [3.05, 3.63) is 60.4 Å². The van der Waals surface area contributed by atoms with Gasteiger partial charge in [0.05, 0.1) is 50.1 Å². The molecule has 3 aromatic heterocycles. The molecule has 1 aromatic carbocycles. The molecule has 4 aromatic rings. The van der Waals surface area contributed by atoms with Crippen LogP contribution in [0.2, 0.25) is 0 Å². The molecule has 0 saturated carbocycles. The number of hydrogen-bond donors (Lipinski definition) is 1. The van der Waals surface area contributed by atoms with Gasteiger partial charge in [-0.2, -0.15) is 4.98 Å². The van der Waals surface area contributed by atoms with Gasteiger partial charge in [0.2, 0.25) is 5.95 Å². The Balaban J connectivity index is 1.46. The van der Waals surface area contributed by atoms with E-state index in [0.717, 1.165) is 18.8 Å². The maximum atomic E-state index is 13.8. The number of anilines is 3. The first-order valence-corrected chi connectivity index (χ1v) is 10.8. The second-order valence-electron chi connectivity index (χ2n) is 7.73. The molecule has 1 N–H and O–H groups in total. The Morgan fingerprint density at radius 2 is 1.97 bits per heavy atom. The third-order valence-electron chi connectivity index (χ3n) is 5.63. The van der Waals surface area contributed by atoms with Gasteiger partial charge in [-0.3, -0.25) is 9.97 Å². The molecule has 1 aliphatic heterocycles. The lowest BCUT2D eigenvalue weighted by Gasteiger charge is -2.29. The van der Waals surface area contributed by atoms with Gasteiger partial charge >= 0.3 is 0 Å². The van der Waals surface area contributed by atoms with E-state index in [9.17, 15) is 8.78 Å². The van der Waals surface area contributed by atoms with Crippen molar-refractivity contribution >= 4 is 28.4 Å². The largest absolute Gasteiger partial charge is 0.494 e. The van der Waals surface area contributed by atoms with Crippen molar-refractivity contribution in [3.8, 4) is 5.75 Å². The highest BCUT2D eigenvalue weighted by atomic mass is 19.3. The summed E-state index contributed by atoms with van der Waals surface area (Å²) in [6, 6.07) is 7.22. The molecule has 1 aliphatic rings. The molecule has 0 unspecified atom stereocenters. The van der Waals surface area contributed by atoms with E-state index >= 15 is 0 Å². The summed E-state index contributed by atoms with van der Waals surface area (Å²) in [5.74, 6) is 0.889.